The maximum atomic E-state index is 4.81. The summed E-state index contributed by atoms with van der Waals surface area (Å²) in [5, 5.41) is 4.78. The molecule has 0 aromatic carbocycles. The van der Waals surface area contributed by atoms with Crippen LogP contribution in [0.25, 0.3) is 0 Å². The summed E-state index contributed by atoms with van der Waals surface area (Å²) < 4.78 is 0. The van der Waals surface area contributed by atoms with E-state index >= 15 is 0 Å². The Kier molecular flexibility index (Phi) is 3.60. The van der Waals surface area contributed by atoms with Gasteiger partial charge in [0.15, 0.2) is 0 Å². The molecule has 1 aliphatic carbocycles. The van der Waals surface area contributed by atoms with E-state index in [1.54, 1.807) is 0 Å². The molecule has 1 aromatic heterocycles. The first-order chi connectivity index (χ1) is 7.85. The predicted molar refractivity (Wildman–Crippen MR) is 74.6 cm³/mol. The lowest BCUT2D eigenvalue weighted by Crippen LogP contribution is -2.35. The molecule has 0 saturated carbocycles. The van der Waals surface area contributed by atoms with Gasteiger partial charge in [-0.25, -0.2) is 4.98 Å². The zero-order chi connectivity index (χ0) is 12.6. The van der Waals surface area contributed by atoms with Gasteiger partial charge in [-0.3, -0.25) is 0 Å². The summed E-state index contributed by atoms with van der Waals surface area (Å²) >= 11 is 1.91. The van der Waals surface area contributed by atoms with Crippen molar-refractivity contribution >= 4 is 11.3 Å². The Morgan fingerprint density at radius 2 is 2.06 bits per heavy atom. The molecule has 96 valence electrons. The number of nitrogens with one attached hydrogen (secondary N) is 1. The van der Waals surface area contributed by atoms with Gasteiger partial charge < -0.3 is 5.32 Å². The molecule has 0 saturated heterocycles. The summed E-state index contributed by atoms with van der Waals surface area (Å²) in [5.41, 5.74) is 1.54. The lowest BCUT2D eigenvalue weighted by Gasteiger charge is -2.22. The monoisotopic (exact) mass is 252 g/mol. The molecule has 0 bridgehead atoms. The van der Waals surface area contributed by atoms with Gasteiger partial charge in [-0.1, -0.05) is 13.8 Å². The van der Waals surface area contributed by atoms with Crippen LogP contribution in [-0.4, -0.2) is 10.5 Å². The molecule has 1 N–H and O–H groups in total. The Morgan fingerprint density at radius 3 is 2.71 bits per heavy atom. The average Bonchev–Trinajstić information content (AvgIpc) is 2.56. The average molecular weight is 252 g/mol. The molecule has 2 atom stereocenters. The van der Waals surface area contributed by atoms with Crippen molar-refractivity contribution in [2.24, 2.45) is 5.92 Å². The first-order valence-corrected chi connectivity index (χ1v) is 7.40. The summed E-state index contributed by atoms with van der Waals surface area (Å²) in [6.45, 7) is 12.2. The van der Waals surface area contributed by atoms with E-state index in [2.05, 4.69) is 39.9 Å². The fourth-order valence-corrected chi connectivity index (χ4v) is 3.58. The van der Waals surface area contributed by atoms with Crippen LogP contribution in [0.5, 0.6) is 0 Å². The Morgan fingerprint density at radius 1 is 1.35 bits per heavy atom. The first-order valence-electron chi connectivity index (χ1n) is 6.58. The van der Waals surface area contributed by atoms with E-state index in [1.165, 1.54) is 28.4 Å². The smallest absolute Gasteiger partial charge is 0.107 e. The van der Waals surface area contributed by atoms with Crippen LogP contribution in [0, 0.1) is 5.92 Å². The van der Waals surface area contributed by atoms with Gasteiger partial charge in [0, 0.05) is 17.0 Å². The topological polar surface area (TPSA) is 24.9 Å². The largest absolute Gasteiger partial charge is 0.306 e. The van der Waals surface area contributed by atoms with Crippen molar-refractivity contribution in [3.63, 3.8) is 0 Å². The van der Waals surface area contributed by atoms with Crippen molar-refractivity contribution in [1.82, 2.24) is 10.3 Å². The number of nitrogens with zero attached hydrogens (tertiary/aromatic N) is 1. The van der Waals surface area contributed by atoms with E-state index in [-0.39, 0.29) is 5.54 Å². The van der Waals surface area contributed by atoms with Gasteiger partial charge in [0.2, 0.25) is 0 Å². The Balaban J connectivity index is 2.09. The summed E-state index contributed by atoms with van der Waals surface area (Å²) in [6.07, 6.45) is 2.49. The summed E-state index contributed by atoms with van der Waals surface area (Å²) in [5.74, 6) is 1.50. The normalized spacial score (nSPS) is 24.8. The van der Waals surface area contributed by atoms with E-state index in [0.717, 1.165) is 12.5 Å². The molecule has 0 spiro atoms. The Hall–Kier alpha value is -0.410. The van der Waals surface area contributed by atoms with Crippen LogP contribution in [0.15, 0.2) is 0 Å². The summed E-state index contributed by atoms with van der Waals surface area (Å²) in [6, 6.07) is 0. The highest BCUT2D eigenvalue weighted by Crippen LogP contribution is 2.37. The quantitative estimate of drug-likeness (QED) is 0.868. The molecule has 2 rings (SSSR count). The molecule has 2 unspecified atom stereocenters. The van der Waals surface area contributed by atoms with Crippen LogP contribution in [0.3, 0.4) is 0 Å². The van der Waals surface area contributed by atoms with Gasteiger partial charge in [0.25, 0.3) is 0 Å². The fraction of sp³-hybridized carbons (Fsp3) is 0.786. The molecule has 2 nitrogen and oxygen atoms in total. The Bertz CT molecular complexity index is 389. The molecule has 17 heavy (non-hydrogen) atoms. The minimum atomic E-state index is 0.172. The van der Waals surface area contributed by atoms with E-state index in [9.17, 15) is 0 Å². The third-order valence-corrected chi connectivity index (χ3v) is 4.62. The van der Waals surface area contributed by atoms with Gasteiger partial charge in [-0.15, -0.1) is 11.3 Å². The molecule has 3 heteroatoms. The van der Waals surface area contributed by atoms with Crippen LogP contribution >= 0.6 is 11.3 Å². The van der Waals surface area contributed by atoms with Crippen molar-refractivity contribution in [2.45, 2.75) is 65.5 Å². The highest BCUT2D eigenvalue weighted by atomic mass is 32.1. The molecule has 0 radical (unpaired) electrons. The van der Waals surface area contributed by atoms with Crippen molar-refractivity contribution in [3.8, 4) is 0 Å². The molecule has 0 fully saturated rings. The van der Waals surface area contributed by atoms with Crippen LogP contribution in [-0.2, 0) is 13.0 Å². The second kappa shape index (κ2) is 4.69. The molecular weight excluding hydrogens is 228 g/mol. The first kappa shape index (κ1) is 13.0. The lowest BCUT2D eigenvalue weighted by atomic mass is 9.86. The molecule has 1 aliphatic rings. The van der Waals surface area contributed by atoms with Crippen LogP contribution in [0.4, 0.5) is 0 Å². The number of aromatic nitrogens is 1. The SMILES string of the molecule is CC1Cc2nc(CNC(C)(C)C)sc2C(C)C1. The van der Waals surface area contributed by atoms with Crippen LogP contribution < -0.4 is 5.32 Å². The molecule has 1 heterocycles. The molecule has 0 aliphatic heterocycles. The van der Waals surface area contributed by atoms with E-state index in [4.69, 9.17) is 4.98 Å². The molecular formula is C14H24N2S. The van der Waals surface area contributed by atoms with Crippen molar-refractivity contribution < 1.29 is 0 Å². The summed E-state index contributed by atoms with van der Waals surface area (Å²) in [7, 11) is 0. The third-order valence-electron chi connectivity index (χ3n) is 3.29. The van der Waals surface area contributed by atoms with E-state index < -0.39 is 0 Å². The Labute approximate surface area is 109 Å². The maximum absolute atomic E-state index is 4.81. The maximum Gasteiger partial charge on any atom is 0.107 e. The third kappa shape index (κ3) is 3.29. The fourth-order valence-electron chi connectivity index (χ4n) is 2.49. The highest BCUT2D eigenvalue weighted by Gasteiger charge is 2.25. The van der Waals surface area contributed by atoms with Crippen LogP contribution in [0.2, 0.25) is 0 Å². The second-order valence-corrected chi connectivity index (χ2v) is 7.58. The number of hydrogen-bond donors (Lipinski definition) is 1. The van der Waals surface area contributed by atoms with Gasteiger partial charge in [0.05, 0.1) is 5.69 Å². The standard InChI is InChI=1S/C14H24N2S/c1-9-6-10(2)13-11(7-9)16-12(17-13)8-15-14(3,4)5/h9-10,15H,6-8H2,1-5H3. The van der Waals surface area contributed by atoms with Gasteiger partial charge >= 0.3 is 0 Å². The number of hydrogen-bond acceptors (Lipinski definition) is 3. The van der Waals surface area contributed by atoms with E-state index in [1.807, 2.05) is 11.3 Å². The van der Waals surface area contributed by atoms with Gasteiger partial charge in [-0.2, -0.15) is 0 Å². The number of thiazole rings is 1. The minimum Gasteiger partial charge on any atom is -0.306 e. The van der Waals surface area contributed by atoms with Crippen LogP contribution in [0.1, 0.15) is 62.5 Å². The van der Waals surface area contributed by atoms with Crippen molar-refractivity contribution in [1.29, 1.82) is 0 Å². The van der Waals surface area contributed by atoms with Crippen molar-refractivity contribution in [2.75, 3.05) is 0 Å². The predicted octanol–water partition coefficient (Wildman–Crippen LogP) is 3.72. The second-order valence-electron chi connectivity index (χ2n) is 6.47. The number of rotatable bonds is 2. The summed E-state index contributed by atoms with van der Waals surface area (Å²) in [4.78, 5) is 6.35. The lowest BCUT2D eigenvalue weighted by molar-refractivity contribution is 0.422. The minimum absolute atomic E-state index is 0.172. The van der Waals surface area contributed by atoms with Crippen molar-refractivity contribution in [3.05, 3.63) is 15.6 Å². The molecule has 0 amide bonds. The van der Waals surface area contributed by atoms with Gasteiger partial charge in [-0.05, 0) is 45.4 Å². The number of fused-ring (bicyclic) bond motifs is 1. The zero-order valence-corrected chi connectivity index (χ0v) is 12.4. The van der Waals surface area contributed by atoms with E-state index in [0.29, 0.717) is 5.92 Å². The highest BCUT2D eigenvalue weighted by molar-refractivity contribution is 7.11. The van der Waals surface area contributed by atoms with Gasteiger partial charge in [0.1, 0.15) is 5.01 Å². The molecule has 1 aromatic rings. The zero-order valence-electron chi connectivity index (χ0n) is 11.6.